The molecule has 4 heteroatoms. The number of carbonyl (C=O) groups excluding carboxylic acids is 2. The largest absolute Gasteiger partial charge is 0.278 e. The molecule has 0 unspecified atom stereocenters. The molecule has 0 bridgehead atoms. The maximum absolute atomic E-state index is 12.2. The topological polar surface area (TPSA) is 40.6 Å². The van der Waals surface area contributed by atoms with E-state index in [1.807, 2.05) is 4.90 Å². The molecule has 0 N–H and O–H groups in total. The first-order valence-electron chi connectivity index (χ1n) is 6.08. The smallest absolute Gasteiger partial charge is 0.262 e. The van der Waals surface area contributed by atoms with Gasteiger partial charge in [-0.25, -0.2) is 0 Å². The van der Waals surface area contributed by atoms with Gasteiger partial charge in [0.05, 0.1) is 17.8 Å². The second-order valence-electron chi connectivity index (χ2n) is 4.34. The Hall–Kier alpha value is -2.20. The Labute approximate surface area is 112 Å². The quantitative estimate of drug-likeness (QED) is 0.576. The fourth-order valence-electron chi connectivity index (χ4n) is 2.12. The van der Waals surface area contributed by atoms with Crippen LogP contribution in [0.1, 0.15) is 20.7 Å². The maximum Gasteiger partial charge on any atom is 0.262 e. The van der Waals surface area contributed by atoms with Gasteiger partial charge in [0.1, 0.15) is 0 Å². The molecule has 2 rings (SSSR count). The molecule has 0 saturated carbocycles. The van der Waals surface area contributed by atoms with Crippen molar-refractivity contribution >= 4 is 11.8 Å². The van der Waals surface area contributed by atoms with E-state index < -0.39 is 0 Å². The molecule has 0 atom stereocenters. The van der Waals surface area contributed by atoms with Crippen LogP contribution in [0.4, 0.5) is 0 Å². The summed E-state index contributed by atoms with van der Waals surface area (Å²) in [5.74, 6) is -0.475. The number of benzene rings is 1. The minimum absolute atomic E-state index is 0.237. The van der Waals surface area contributed by atoms with Gasteiger partial charge in [-0.2, -0.15) is 0 Å². The SMILES string of the molecule is C=CCN(CC=C)CN1C(=O)c2ccccc2C1=O. The number of carbonyl (C=O) groups is 2. The Morgan fingerprint density at radius 3 is 1.89 bits per heavy atom. The molecule has 4 nitrogen and oxygen atoms in total. The normalized spacial score (nSPS) is 13.8. The standard InChI is InChI=1S/C15H16N2O2/c1-3-9-16(10-4-2)11-17-14(18)12-7-5-6-8-13(12)15(17)19/h3-8H,1-2,9-11H2. The van der Waals surface area contributed by atoms with Gasteiger partial charge in [-0.3, -0.25) is 19.4 Å². The summed E-state index contributed by atoms with van der Waals surface area (Å²) >= 11 is 0. The lowest BCUT2D eigenvalue weighted by molar-refractivity contribution is 0.0563. The van der Waals surface area contributed by atoms with E-state index in [-0.39, 0.29) is 18.5 Å². The highest BCUT2D eigenvalue weighted by Gasteiger charge is 2.35. The molecule has 1 heterocycles. The van der Waals surface area contributed by atoms with Crippen LogP contribution in [0.25, 0.3) is 0 Å². The number of amides is 2. The predicted octanol–water partition coefficient (Wildman–Crippen LogP) is 1.91. The average Bonchev–Trinajstić information content (AvgIpc) is 2.65. The van der Waals surface area contributed by atoms with Crippen LogP contribution in [0, 0.1) is 0 Å². The number of nitrogens with zero attached hydrogens (tertiary/aromatic N) is 2. The number of rotatable bonds is 6. The number of imide groups is 1. The highest BCUT2D eigenvalue weighted by molar-refractivity contribution is 6.21. The van der Waals surface area contributed by atoms with Crippen molar-refractivity contribution in [2.75, 3.05) is 19.8 Å². The third-order valence-electron chi connectivity index (χ3n) is 2.99. The summed E-state index contributed by atoms with van der Waals surface area (Å²) in [5.41, 5.74) is 0.953. The van der Waals surface area contributed by atoms with E-state index in [9.17, 15) is 9.59 Å². The zero-order valence-electron chi connectivity index (χ0n) is 10.7. The summed E-state index contributed by atoms with van der Waals surface area (Å²) in [7, 11) is 0. The minimum Gasteiger partial charge on any atom is -0.278 e. The van der Waals surface area contributed by atoms with E-state index in [2.05, 4.69) is 13.2 Å². The summed E-state index contributed by atoms with van der Waals surface area (Å²) in [6, 6.07) is 6.89. The molecule has 98 valence electrons. The lowest BCUT2D eigenvalue weighted by Crippen LogP contribution is -2.41. The number of hydrogen-bond donors (Lipinski definition) is 0. The van der Waals surface area contributed by atoms with Crippen LogP contribution in [0.5, 0.6) is 0 Å². The zero-order valence-corrected chi connectivity index (χ0v) is 10.7. The summed E-state index contributed by atoms with van der Waals surface area (Å²) in [4.78, 5) is 27.5. The lowest BCUT2D eigenvalue weighted by atomic mass is 10.1. The van der Waals surface area contributed by atoms with Gasteiger partial charge in [-0.05, 0) is 12.1 Å². The van der Waals surface area contributed by atoms with Crippen LogP contribution in [-0.2, 0) is 0 Å². The molecule has 0 aromatic heterocycles. The zero-order chi connectivity index (χ0) is 13.8. The second-order valence-corrected chi connectivity index (χ2v) is 4.34. The summed E-state index contributed by atoms with van der Waals surface area (Å²) in [6.07, 6.45) is 3.48. The van der Waals surface area contributed by atoms with E-state index >= 15 is 0 Å². The van der Waals surface area contributed by atoms with Gasteiger partial charge in [0.15, 0.2) is 0 Å². The van der Waals surface area contributed by atoms with Gasteiger partial charge in [0, 0.05) is 13.1 Å². The number of hydrogen-bond acceptors (Lipinski definition) is 3. The Bertz CT molecular complexity index is 492. The van der Waals surface area contributed by atoms with Gasteiger partial charge in [0.2, 0.25) is 0 Å². The number of fused-ring (bicyclic) bond motifs is 1. The van der Waals surface area contributed by atoms with E-state index in [1.165, 1.54) is 4.90 Å². The molecule has 1 aliphatic heterocycles. The Morgan fingerprint density at radius 1 is 1.00 bits per heavy atom. The highest BCUT2D eigenvalue weighted by atomic mass is 16.2. The van der Waals surface area contributed by atoms with Crippen molar-refractivity contribution in [3.05, 3.63) is 60.7 Å². The molecule has 0 spiro atoms. The van der Waals surface area contributed by atoms with Crippen LogP contribution in [0.15, 0.2) is 49.6 Å². The fraction of sp³-hybridized carbons (Fsp3) is 0.200. The molecule has 0 saturated heterocycles. The van der Waals surface area contributed by atoms with Crippen LogP contribution in [0.3, 0.4) is 0 Å². The lowest BCUT2D eigenvalue weighted by Gasteiger charge is -2.24. The summed E-state index contributed by atoms with van der Waals surface area (Å²) in [6.45, 7) is 8.79. The van der Waals surface area contributed by atoms with Crippen molar-refractivity contribution in [1.29, 1.82) is 0 Å². The van der Waals surface area contributed by atoms with Gasteiger partial charge in [-0.15, -0.1) is 13.2 Å². The van der Waals surface area contributed by atoms with E-state index in [1.54, 1.807) is 36.4 Å². The average molecular weight is 256 g/mol. The molecule has 1 aromatic carbocycles. The molecule has 1 aliphatic rings. The van der Waals surface area contributed by atoms with E-state index in [0.29, 0.717) is 24.2 Å². The van der Waals surface area contributed by atoms with Crippen LogP contribution in [-0.4, -0.2) is 41.4 Å². The predicted molar refractivity (Wildman–Crippen MR) is 73.8 cm³/mol. The molecule has 0 aliphatic carbocycles. The molecular weight excluding hydrogens is 240 g/mol. The van der Waals surface area contributed by atoms with Crippen LogP contribution < -0.4 is 0 Å². The second kappa shape index (κ2) is 5.63. The van der Waals surface area contributed by atoms with Crippen molar-refractivity contribution in [3.63, 3.8) is 0 Å². The third-order valence-corrected chi connectivity index (χ3v) is 2.99. The van der Waals surface area contributed by atoms with Crippen molar-refractivity contribution in [2.24, 2.45) is 0 Å². The van der Waals surface area contributed by atoms with Gasteiger partial charge < -0.3 is 0 Å². The van der Waals surface area contributed by atoms with Gasteiger partial charge in [0.25, 0.3) is 11.8 Å². The Balaban J connectivity index is 2.19. The first-order valence-corrected chi connectivity index (χ1v) is 6.08. The first kappa shape index (κ1) is 13.2. The minimum atomic E-state index is -0.237. The highest BCUT2D eigenvalue weighted by Crippen LogP contribution is 2.22. The molecule has 19 heavy (non-hydrogen) atoms. The van der Waals surface area contributed by atoms with Crippen LogP contribution in [0.2, 0.25) is 0 Å². The maximum atomic E-state index is 12.2. The summed E-state index contributed by atoms with van der Waals surface area (Å²) in [5, 5.41) is 0. The molecular formula is C15H16N2O2. The van der Waals surface area contributed by atoms with Crippen molar-refractivity contribution in [1.82, 2.24) is 9.80 Å². The fourth-order valence-corrected chi connectivity index (χ4v) is 2.12. The third kappa shape index (κ3) is 2.48. The van der Waals surface area contributed by atoms with E-state index in [0.717, 1.165) is 0 Å². The molecule has 0 radical (unpaired) electrons. The first-order chi connectivity index (χ1) is 9.19. The monoisotopic (exact) mass is 256 g/mol. The Kier molecular flexibility index (Phi) is 3.92. The van der Waals surface area contributed by atoms with Crippen molar-refractivity contribution < 1.29 is 9.59 Å². The van der Waals surface area contributed by atoms with E-state index in [4.69, 9.17) is 0 Å². The van der Waals surface area contributed by atoms with Gasteiger partial charge >= 0.3 is 0 Å². The van der Waals surface area contributed by atoms with Gasteiger partial charge in [-0.1, -0.05) is 24.3 Å². The Morgan fingerprint density at radius 2 is 1.47 bits per heavy atom. The molecule has 1 aromatic rings. The summed E-state index contributed by atoms with van der Waals surface area (Å²) < 4.78 is 0. The molecule has 2 amide bonds. The molecule has 0 fully saturated rings. The van der Waals surface area contributed by atoms with Crippen LogP contribution >= 0.6 is 0 Å². The van der Waals surface area contributed by atoms with Crippen molar-refractivity contribution in [3.8, 4) is 0 Å². The van der Waals surface area contributed by atoms with Crippen molar-refractivity contribution in [2.45, 2.75) is 0 Å².